The third kappa shape index (κ3) is 3.98. The first-order chi connectivity index (χ1) is 7.70. The minimum Gasteiger partial charge on any atom is -0.481 e. The molecule has 9 nitrogen and oxygen atoms in total. The summed E-state index contributed by atoms with van der Waals surface area (Å²) >= 11 is 0. The first kappa shape index (κ1) is 19.8. The van der Waals surface area contributed by atoms with E-state index in [1.54, 1.807) is 0 Å². The molecule has 0 fully saturated rings. The average molecular weight is 361 g/mol. The van der Waals surface area contributed by atoms with Gasteiger partial charge in [-0.05, 0) is 6.42 Å². The fraction of sp³-hybridized carbons (Fsp3) is 0.571. The Labute approximate surface area is 121 Å². The number of hydrogen-bond donors (Lipinski definition) is 4. The summed E-state index contributed by atoms with van der Waals surface area (Å²) < 4.78 is 14.5. The molecule has 0 aliphatic rings. The third-order valence-electron chi connectivity index (χ3n) is 2.08. The van der Waals surface area contributed by atoms with Crippen molar-refractivity contribution in [1.29, 1.82) is 0 Å². The van der Waals surface area contributed by atoms with Crippen LogP contribution in [0, 0.1) is 5.92 Å². The van der Waals surface area contributed by atoms with E-state index in [0.717, 1.165) is 0 Å². The van der Waals surface area contributed by atoms with Crippen LogP contribution < -0.4 is 0 Å². The van der Waals surface area contributed by atoms with E-state index in [1.165, 1.54) is 6.92 Å². The van der Waals surface area contributed by atoms with Gasteiger partial charge in [-0.1, -0.05) is 6.92 Å². The van der Waals surface area contributed by atoms with Crippen molar-refractivity contribution in [2.75, 3.05) is 0 Å². The van der Waals surface area contributed by atoms with Gasteiger partial charge in [0.15, 0.2) is 0 Å². The summed E-state index contributed by atoms with van der Waals surface area (Å²) in [5, 5.41) is 26.3. The number of aliphatic carboxylic acids is 3. The second-order valence-corrected chi connectivity index (χ2v) is 3.75. The molecule has 2 unspecified atom stereocenters. The maximum Gasteiger partial charge on any atom is 0.349 e. The standard InChI is InChI=1S/C7H11O9P.Zr/c1-2-3(4(8)9)7(5(10)11,6(12)13)16-17(14)15;/h3,17H,2H2,1H3,(H,8,9)(H,10,11)(H,12,13)(H,14,15);. The van der Waals surface area contributed by atoms with Gasteiger partial charge >= 0.3 is 26.2 Å². The minimum atomic E-state index is -3.94. The Hall–Kier alpha value is -0.557. The van der Waals surface area contributed by atoms with Gasteiger partial charge < -0.3 is 20.2 Å². The average Bonchev–Trinajstić information content (AvgIpc) is 2.14. The van der Waals surface area contributed by atoms with Gasteiger partial charge in [0.1, 0.15) is 5.92 Å². The number of carbonyl (C=O) groups is 3. The van der Waals surface area contributed by atoms with E-state index in [9.17, 15) is 18.9 Å². The summed E-state index contributed by atoms with van der Waals surface area (Å²) in [6, 6.07) is 0. The Kier molecular flexibility index (Phi) is 8.55. The van der Waals surface area contributed by atoms with Gasteiger partial charge in [0.2, 0.25) is 0 Å². The second kappa shape index (κ2) is 7.79. The van der Waals surface area contributed by atoms with E-state index in [2.05, 4.69) is 4.52 Å². The van der Waals surface area contributed by atoms with Gasteiger partial charge in [-0.2, -0.15) is 0 Å². The van der Waals surface area contributed by atoms with Gasteiger partial charge in [0, 0.05) is 26.2 Å². The van der Waals surface area contributed by atoms with Crippen molar-refractivity contribution >= 4 is 26.2 Å². The molecular weight excluding hydrogens is 350 g/mol. The molecule has 102 valence electrons. The molecule has 0 aromatic heterocycles. The van der Waals surface area contributed by atoms with Gasteiger partial charge in [-0.15, -0.1) is 0 Å². The molecule has 0 saturated heterocycles. The Bertz CT molecular complexity index is 354. The maximum absolute atomic E-state index is 10.9. The van der Waals surface area contributed by atoms with Crippen molar-refractivity contribution < 1.29 is 69.9 Å². The van der Waals surface area contributed by atoms with Crippen LogP contribution in [-0.4, -0.2) is 43.7 Å². The van der Waals surface area contributed by atoms with E-state index < -0.39 is 44.1 Å². The van der Waals surface area contributed by atoms with Gasteiger partial charge in [-0.25, -0.2) is 9.59 Å². The summed E-state index contributed by atoms with van der Waals surface area (Å²) in [6.45, 7) is 1.22. The van der Waals surface area contributed by atoms with Crippen LogP contribution in [0.25, 0.3) is 0 Å². The van der Waals surface area contributed by atoms with Crippen molar-refractivity contribution in [2.24, 2.45) is 5.92 Å². The van der Waals surface area contributed by atoms with Gasteiger partial charge in [0.25, 0.3) is 5.60 Å². The van der Waals surface area contributed by atoms with Crippen molar-refractivity contribution in [3.8, 4) is 0 Å². The van der Waals surface area contributed by atoms with E-state index in [-0.39, 0.29) is 26.2 Å². The zero-order valence-electron chi connectivity index (χ0n) is 9.11. The smallest absolute Gasteiger partial charge is 0.349 e. The van der Waals surface area contributed by atoms with E-state index in [0.29, 0.717) is 0 Å². The number of rotatable bonds is 7. The fourth-order valence-corrected chi connectivity index (χ4v) is 1.91. The van der Waals surface area contributed by atoms with E-state index in [4.69, 9.17) is 20.2 Å². The number of carboxylic acid groups (broad SMARTS) is 3. The largest absolute Gasteiger partial charge is 0.481 e. The Morgan fingerprint density at radius 3 is 1.78 bits per heavy atom. The molecule has 18 heavy (non-hydrogen) atoms. The van der Waals surface area contributed by atoms with Crippen LogP contribution in [0.2, 0.25) is 0 Å². The number of carboxylic acids is 3. The normalized spacial score (nSPS) is 14.1. The summed E-state index contributed by atoms with van der Waals surface area (Å²) in [5.41, 5.74) is -3.27. The molecule has 4 N–H and O–H groups in total. The molecule has 0 saturated carbocycles. The molecule has 0 spiro atoms. The summed E-state index contributed by atoms with van der Waals surface area (Å²) in [7, 11) is -3.94. The predicted molar refractivity (Wildman–Crippen MR) is 51.7 cm³/mol. The van der Waals surface area contributed by atoms with Crippen molar-refractivity contribution in [3.63, 3.8) is 0 Å². The van der Waals surface area contributed by atoms with Crippen molar-refractivity contribution in [2.45, 2.75) is 18.9 Å². The SMILES string of the molecule is CCC(C(=O)O)C(O[PH](=O)O)(C(=O)O)C(=O)O.[Zr]. The fourth-order valence-electron chi connectivity index (χ4n) is 1.32. The molecule has 0 rings (SSSR count). The molecule has 0 heterocycles. The minimum absolute atomic E-state index is 0. The Morgan fingerprint density at radius 1 is 1.22 bits per heavy atom. The topological polar surface area (TPSA) is 158 Å². The monoisotopic (exact) mass is 360 g/mol. The zero-order chi connectivity index (χ0) is 13.8. The number of hydrogen-bond acceptors (Lipinski definition) is 5. The van der Waals surface area contributed by atoms with Crippen molar-refractivity contribution in [3.05, 3.63) is 0 Å². The predicted octanol–water partition coefficient (Wildman–Crippen LogP) is -0.599. The zero-order valence-corrected chi connectivity index (χ0v) is 12.6. The first-order valence-electron chi connectivity index (χ1n) is 4.31. The molecule has 0 aromatic carbocycles. The van der Waals surface area contributed by atoms with Crippen LogP contribution in [0.4, 0.5) is 0 Å². The maximum atomic E-state index is 10.9. The van der Waals surface area contributed by atoms with E-state index >= 15 is 0 Å². The second-order valence-electron chi connectivity index (χ2n) is 3.01. The molecule has 0 aliphatic carbocycles. The molecular formula is C7H11O9PZr. The van der Waals surface area contributed by atoms with Crippen LogP contribution in [0.3, 0.4) is 0 Å². The third-order valence-corrected chi connectivity index (χ3v) is 2.58. The van der Waals surface area contributed by atoms with Crippen LogP contribution in [0.1, 0.15) is 13.3 Å². The van der Waals surface area contributed by atoms with Gasteiger partial charge in [0.05, 0.1) is 0 Å². The summed E-state index contributed by atoms with van der Waals surface area (Å²) in [5.74, 6) is -8.03. The van der Waals surface area contributed by atoms with Crippen LogP contribution in [0.5, 0.6) is 0 Å². The molecule has 11 heteroatoms. The van der Waals surface area contributed by atoms with Crippen LogP contribution in [-0.2, 0) is 49.7 Å². The molecule has 0 radical (unpaired) electrons. The Balaban J connectivity index is 0. The summed E-state index contributed by atoms with van der Waals surface area (Å²) in [4.78, 5) is 41.1. The first-order valence-corrected chi connectivity index (χ1v) is 5.58. The van der Waals surface area contributed by atoms with Crippen LogP contribution >= 0.6 is 8.25 Å². The molecule has 0 aliphatic heterocycles. The quantitative estimate of drug-likeness (QED) is 0.343. The van der Waals surface area contributed by atoms with Crippen molar-refractivity contribution in [1.82, 2.24) is 0 Å². The summed E-state index contributed by atoms with van der Waals surface area (Å²) in [6.07, 6.45) is -0.400. The van der Waals surface area contributed by atoms with Gasteiger partial charge in [-0.3, -0.25) is 13.9 Å². The molecule has 0 aromatic rings. The van der Waals surface area contributed by atoms with Crippen LogP contribution in [0.15, 0.2) is 0 Å². The van der Waals surface area contributed by atoms with E-state index in [1.807, 2.05) is 0 Å². The molecule has 0 amide bonds. The molecule has 0 bridgehead atoms. The molecule has 2 atom stereocenters. The Morgan fingerprint density at radius 2 is 1.61 bits per heavy atom.